The fourth-order valence-electron chi connectivity index (χ4n) is 16.5. The van der Waals surface area contributed by atoms with Crippen molar-refractivity contribution in [3.8, 4) is 0 Å². The largest absolute Gasteiger partial charge is 0.386 e. The molecule has 0 saturated carbocycles. The van der Waals surface area contributed by atoms with Crippen LogP contribution >= 0.6 is 59.4 Å². The number of nitrogen functional groups attached to an aromatic ring is 3. The quantitative estimate of drug-likeness (QED) is 0.0185. The number of aromatic amines is 5. The lowest BCUT2D eigenvalue weighted by molar-refractivity contribution is -0.0577. The minimum atomic E-state index is -4.81. The van der Waals surface area contributed by atoms with Crippen molar-refractivity contribution in [2.75, 3.05) is 64.0 Å². The molecule has 0 bridgehead atoms. The average Bonchev–Trinajstić information content (AvgIpc) is 1.62. The molecular formula is C72H98N19O39P7S7. The van der Waals surface area contributed by atoms with Gasteiger partial charge in [0.2, 0.25) is 5.95 Å². The van der Waals surface area contributed by atoms with Crippen molar-refractivity contribution in [1.82, 2.24) is 76.8 Å². The Bertz CT molecular complexity index is 7310. The minimum Gasteiger partial charge on any atom is -0.383 e. The van der Waals surface area contributed by atoms with Gasteiger partial charge in [-0.3, -0.25) is 89.9 Å². The molecule has 0 amide bonds. The van der Waals surface area contributed by atoms with Gasteiger partial charge in [0.15, 0.2) is 11.2 Å². The van der Waals surface area contributed by atoms with Crippen LogP contribution in [0.4, 0.5) is 17.6 Å². The number of nitrogens with two attached hydrogens (primary N) is 3. The van der Waals surface area contributed by atoms with Crippen LogP contribution in [0.3, 0.4) is 0 Å². The van der Waals surface area contributed by atoms with Crippen LogP contribution in [0.5, 0.6) is 0 Å². The predicted octanol–water partition coefficient (Wildman–Crippen LogP) is 0.635. The number of anilines is 3. The molecule has 7 saturated heterocycles. The molecule has 7 aliphatic heterocycles. The Balaban J connectivity index is 0.632. The normalized spacial score (nSPS) is 29.6. The molecule has 14 unspecified atom stereocenters. The topological polar surface area (TPSA) is 763 Å². The summed E-state index contributed by atoms with van der Waals surface area (Å²) in [4.78, 5) is 242. The van der Waals surface area contributed by atoms with Crippen LogP contribution in [0, 0.1) is 41.5 Å². The first-order valence-electron chi connectivity index (χ1n) is 43.3. The van der Waals surface area contributed by atoms with Crippen molar-refractivity contribution in [3.05, 3.63) is 192 Å². The molecule has 0 aliphatic carbocycles. The molecule has 792 valence electrons. The zero-order valence-electron chi connectivity index (χ0n) is 76.4. The summed E-state index contributed by atoms with van der Waals surface area (Å²) in [5.74, 6) is -0.495. The Hall–Kier alpha value is -6.37. The highest BCUT2D eigenvalue weighted by Gasteiger charge is 2.52. The fourth-order valence-corrected chi connectivity index (χ4v) is 26.4. The highest BCUT2D eigenvalue weighted by atomic mass is 32.7. The van der Waals surface area contributed by atoms with Crippen LogP contribution in [0.2, 0.25) is 0 Å². The molecule has 72 heteroatoms. The van der Waals surface area contributed by atoms with Gasteiger partial charge in [-0.2, -0.15) is 15.0 Å². The van der Waals surface area contributed by atoms with Crippen molar-refractivity contribution >= 4 is 159 Å². The molecule has 58 nitrogen and oxygen atoms in total. The molecule has 144 heavy (non-hydrogen) atoms. The number of fused-ring (bicyclic) bond motifs is 1. The highest BCUT2D eigenvalue weighted by molar-refractivity contribution is 8.44. The van der Waals surface area contributed by atoms with E-state index < -0.39 is 297 Å². The fraction of sp³-hybridized carbons (Fsp3) is 0.597. The maximum atomic E-state index is 14.8. The summed E-state index contributed by atoms with van der Waals surface area (Å²) in [7, 11) is 1.10. The van der Waals surface area contributed by atoms with Gasteiger partial charge >= 0.3 is 81.2 Å². The first-order valence-corrected chi connectivity index (χ1v) is 61.5. The maximum absolute atomic E-state index is 14.8. The zero-order chi connectivity index (χ0) is 104. The molecule has 28 atom stereocenters. The van der Waals surface area contributed by atoms with Gasteiger partial charge in [0.05, 0.1) is 88.7 Å². The lowest BCUT2D eigenvalue weighted by Crippen LogP contribution is -2.33. The number of aryl methyl sites for hydroxylation is 6. The lowest BCUT2D eigenvalue weighted by Gasteiger charge is -2.28. The van der Waals surface area contributed by atoms with E-state index in [-0.39, 0.29) is 76.7 Å². The minimum absolute atomic E-state index is 0.00416. The van der Waals surface area contributed by atoms with E-state index in [1.807, 2.05) is 0 Å². The van der Waals surface area contributed by atoms with Crippen LogP contribution < -0.4 is 79.1 Å². The number of nitrogens with zero attached hydrogens (tertiary/aromatic N) is 11. The molecule has 0 spiro atoms. The summed E-state index contributed by atoms with van der Waals surface area (Å²) in [5, 5.41) is 0. The van der Waals surface area contributed by atoms with E-state index in [9.17, 15) is 86.7 Å². The zero-order valence-corrected chi connectivity index (χ0v) is 88.5. The molecule has 17 N–H and O–H groups in total. The van der Waals surface area contributed by atoms with Gasteiger partial charge in [0.25, 0.3) is 27.8 Å². The second-order valence-corrected chi connectivity index (χ2v) is 53.6. The third kappa shape index (κ3) is 26.8. The smallest absolute Gasteiger partial charge is 0.383 e. The molecular weight excluding hydrogens is 2200 g/mol. The van der Waals surface area contributed by atoms with Gasteiger partial charge < -0.3 is 134 Å². The van der Waals surface area contributed by atoms with E-state index in [4.69, 9.17) is 185 Å². The summed E-state index contributed by atoms with van der Waals surface area (Å²) < 4.78 is 149. The molecule has 7 aliphatic rings. The maximum Gasteiger partial charge on any atom is 0.386 e. The van der Waals surface area contributed by atoms with E-state index in [1.165, 1.54) is 70.3 Å². The van der Waals surface area contributed by atoms with Crippen molar-refractivity contribution in [1.29, 1.82) is 0 Å². The van der Waals surface area contributed by atoms with E-state index in [2.05, 4.69) is 57.1 Å². The number of nitrogens with one attached hydrogen (secondary N) is 5. The van der Waals surface area contributed by atoms with Crippen LogP contribution in [0.25, 0.3) is 11.2 Å². The van der Waals surface area contributed by atoms with Crippen molar-refractivity contribution < 1.29 is 130 Å². The summed E-state index contributed by atoms with van der Waals surface area (Å²) in [5.41, 5.74) is 9.55. The van der Waals surface area contributed by atoms with E-state index in [0.29, 0.717) is 17.5 Å². The first kappa shape index (κ1) is 112. The van der Waals surface area contributed by atoms with Gasteiger partial charge in [-0.1, -0.05) is 19.2 Å². The van der Waals surface area contributed by atoms with Gasteiger partial charge in [-0.15, -0.1) is 0 Å². The Labute approximate surface area is 845 Å². The summed E-state index contributed by atoms with van der Waals surface area (Å²) in [6.07, 6.45) is -21.3. The number of thiol groups is 1. The number of rotatable bonds is 41. The average molecular weight is 2290 g/mol. The predicted molar refractivity (Wildman–Crippen MR) is 525 cm³/mol. The number of aromatic nitrogens is 16. The number of H-pyrrole nitrogens is 5. The van der Waals surface area contributed by atoms with Crippen molar-refractivity contribution in [3.63, 3.8) is 0 Å². The molecule has 0 aromatic carbocycles. The number of imidazole rings is 1. The molecule has 15 rings (SSSR count). The second kappa shape index (κ2) is 44.9. The van der Waals surface area contributed by atoms with E-state index >= 15 is 0 Å². The Morgan fingerprint density at radius 2 is 0.611 bits per heavy atom. The summed E-state index contributed by atoms with van der Waals surface area (Å²) in [6, 6.07) is 0. The first-order chi connectivity index (χ1) is 67.5. The molecule has 0 radical (unpaired) electrons. The van der Waals surface area contributed by atoms with E-state index in [0.717, 1.165) is 46.9 Å². The molecule has 8 aromatic heterocycles. The third-order valence-electron chi connectivity index (χ3n) is 23.7. The van der Waals surface area contributed by atoms with Crippen LogP contribution in [-0.4, -0.2) is 238 Å². The van der Waals surface area contributed by atoms with Crippen molar-refractivity contribution in [2.45, 2.75) is 229 Å². The third-order valence-corrected chi connectivity index (χ3v) is 35.0. The summed E-state index contributed by atoms with van der Waals surface area (Å²) in [6.45, 7) is -26.4. The number of hydrogen-bond acceptors (Lipinski definition) is 46. The number of ether oxygens (including phenoxy) is 7. The molecule has 8 aromatic rings. The highest BCUT2D eigenvalue weighted by Crippen LogP contribution is 2.60. The number of hydrogen-bond donors (Lipinski definition) is 15. The Morgan fingerprint density at radius 3 is 0.903 bits per heavy atom. The van der Waals surface area contributed by atoms with E-state index in [1.54, 1.807) is 13.8 Å². The lowest BCUT2D eigenvalue weighted by atomic mass is 10.1. The van der Waals surface area contributed by atoms with Gasteiger partial charge in [0.1, 0.15) is 98.0 Å². The van der Waals surface area contributed by atoms with Gasteiger partial charge in [0, 0.05) is 123 Å². The standard InChI is InChI=1S/C72H98N19O39P7S7/c1-9-36-37(10-50(117-36)87-19-32(4)61(92)81-69(87)99)125-132(104,139)111-24-45-39(11-51(118-45)85-17-30(2)58(73)77-67(85)97)126-134(106,141)113-25-46-40(12-52(119-46)86-18-31(3)59(74)78-68(86)98)127-135(107,142)114-26-48-42(14-54(121-48)89-21-34(6)63(94)83-71(89)101)129-137(109,144)116-28-49-43(15-55(122-49)90-22-35(7)64(95)84-72(90)102)130-136(108,143)115-27-47-41(13-53(120-47)88-20-33(5)62(93)82-70(88)100)128-133(105,140)112-23-44-38(124-131(103,138)110-8)16-56(123-44)91-29-76-57-60(91)79-66(75)80-65(57)96/h17-22,29,36-56H,9-16,23-28H2,1-8H3,(H,103,138)(H,104,139)(H,105,140)(H,106,141)(H,107,142)(H,108,143)(H,109,144)(H2,73,77,97)(H2,74,78,98)(H,81,92,99)(H,82,93,100)(H,83,94,101)(H,84,95,102)(H3,75,79,80,96)/t36-,37?,38?,39?,40?,41?,42?,43?,44-,45-,46-,47-,48-,49-,50-,51-,52-,53-,54-,55-,56-,131?,132?,133?,134?,135?,136?,137?/m1/s1. The van der Waals surface area contributed by atoms with Gasteiger partial charge in [-0.05, 0) is 119 Å². The monoisotopic (exact) mass is 2290 g/mol. The molecule has 7 fully saturated rings. The second-order valence-electron chi connectivity index (χ2n) is 33.9. The van der Waals surface area contributed by atoms with Crippen LogP contribution in [0.1, 0.15) is 135 Å². The summed E-state index contributed by atoms with van der Waals surface area (Å²) >= 11 is 37.4. The van der Waals surface area contributed by atoms with Crippen LogP contribution in [0.15, 0.2) is 96.2 Å². The van der Waals surface area contributed by atoms with Crippen molar-refractivity contribution in [2.24, 2.45) is 0 Å². The van der Waals surface area contributed by atoms with Gasteiger partial charge in [-0.25, -0.2) is 38.3 Å². The SMILES string of the molecule is CC[C@H]1O[C@@H](n2cc(C)c(=O)[nH]c2=O)CC1OP(O)(=S)OC[C@H]1O[C@@H](n2cc(C)c(N)nc2=O)CC1OP(=O)(S)OC[C@H]1O[C@@H](n2cc(C)c(N)nc2=O)CC1OP(O)(=S)OC[C@H]1O[C@@H](n2cc(C)c(=O)[nH]c2=O)CC1OP(O)(=S)OC[C@H]1O[C@@H](n2cc(C)c(=O)[nH]c2=O)CC1OP(O)(=S)OC[C@H]1O[C@@H](n2cc(C)c(=O)[nH]c2=O)CC1OP(O)(=S)OC[C@H]1O[C@@H](n2cnc3c(=O)[nH]c(N)nc32)CC1OP(O)(=S)OC. The Kier molecular flexibility index (Phi) is 34.8. The van der Waals surface area contributed by atoms with Crippen LogP contribution in [-0.2, 0) is 172 Å². The Morgan fingerprint density at radius 1 is 0.361 bits per heavy atom. The molecule has 15 heterocycles.